The molecule has 0 fully saturated rings. The van der Waals surface area contributed by atoms with Gasteiger partial charge < -0.3 is 14.2 Å². The highest BCUT2D eigenvalue weighted by Crippen LogP contribution is 2.53. The molecule has 0 aromatic rings. The number of rotatable bonds is 7. The molecule has 25 heavy (non-hydrogen) atoms. The Morgan fingerprint density at radius 2 is 1.32 bits per heavy atom. The van der Waals surface area contributed by atoms with Crippen LogP contribution >= 0.6 is 0 Å². The van der Waals surface area contributed by atoms with Crippen LogP contribution in [0.15, 0.2) is 11.8 Å². The number of halogens is 9. The van der Waals surface area contributed by atoms with Gasteiger partial charge >= 0.3 is 35.9 Å². The van der Waals surface area contributed by atoms with Gasteiger partial charge in [0, 0.05) is 0 Å². The molecule has 0 rings (SSSR count). The summed E-state index contributed by atoms with van der Waals surface area (Å²) in [5, 5.41) is 0. The fraction of sp³-hybridized carbons (Fsp3) is 0.636. The minimum atomic E-state index is -7.11. The van der Waals surface area contributed by atoms with Gasteiger partial charge in [-0.15, -0.1) is 0 Å². The van der Waals surface area contributed by atoms with E-state index in [-0.39, 0.29) is 6.08 Å². The highest BCUT2D eigenvalue weighted by Gasteiger charge is 2.81. The SMILES string of the molecule is COC(=O)/C=C(/OCC(F)(F)C(F)(F)C(F)(F)C(F)(F)F)C(=O)OC. The molecular formula is C11H9F9O5. The van der Waals surface area contributed by atoms with Crippen molar-refractivity contribution in [2.75, 3.05) is 20.8 Å². The van der Waals surface area contributed by atoms with Gasteiger partial charge in [-0.3, -0.25) is 0 Å². The predicted octanol–water partition coefficient (Wildman–Crippen LogP) is 2.70. The van der Waals surface area contributed by atoms with Gasteiger partial charge in [-0.25, -0.2) is 9.59 Å². The summed E-state index contributed by atoms with van der Waals surface area (Å²) in [6, 6.07) is 0. The van der Waals surface area contributed by atoms with Crippen LogP contribution in [0.5, 0.6) is 0 Å². The minimum absolute atomic E-state index is 0.0297. The zero-order valence-electron chi connectivity index (χ0n) is 12.2. The van der Waals surface area contributed by atoms with Gasteiger partial charge in [0.2, 0.25) is 5.76 Å². The molecule has 14 heteroatoms. The summed E-state index contributed by atoms with van der Waals surface area (Å²) in [5.41, 5.74) is 0. The molecule has 0 N–H and O–H groups in total. The van der Waals surface area contributed by atoms with Crippen molar-refractivity contribution in [3.05, 3.63) is 11.8 Å². The Balaban J connectivity index is 5.58. The van der Waals surface area contributed by atoms with E-state index >= 15 is 0 Å². The molecule has 0 radical (unpaired) electrons. The molecule has 146 valence electrons. The van der Waals surface area contributed by atoms with Gasteiger partial charge in [0.05, 0.1) is 20.3 Å². The summed E-state index contributed by atoms with van der Waals surface area (Å²) in [5.74, 6) is -24.7. The summed E-state index contributed by atoms with van der Waals surface area (Å²) < 4.78 is 125. The highest BCUT2D eigenvalue weighted by molar-refractivity contribution is 5.94. The minimum Gasteiger partial charge on any atom is -0.480 e. The fourth-order valence-corrected chi connectivity index (χ4v) is 1.09. The predicted molar refractivity (Wildman–Crippen MR) is 59.0 cm³/mol. The molecule has 0 aliphatic heterocycles. The monoisotopic (exact) mass is 392 g/mol. The zero-order valence-corrected chi connectivity index (χ0v) is 12.2. The quantitative estimate of drug-likeness (QED) is 0.289. The van der Waals surface area contributed by atoms with Gasteiger partial charge in [0.25, 0.3) is 0 Å². The molecule has 0 saturated carbocycles. The molecular weight excluding hydrogens is 383 g/mol. The van der Waals surface area contributed by atoms with Crippen LogP contribution in [0.2, 0.25) is 0 Å². The molecule has 0 atom stereocenters. The first kappa shape index (κ1) is 22.9. The summed E-state index contributed by atoms with van der Waals surface area (Å²) in [6.07, 6.45) is -6.96. The first-order valence-electron chi connectivity index (χ1n) is 5.76. The van der Waals surface area contributed by atoms with E-state index in [0.29, 0.717) is 7.11 Å². The third kappa shape index (κ3) is 4.69. The molecule has 0 aromatic heterocycles. The summed E-state index contributed by atoms with van der Waals surface area (Å²) >= 11 is 0. The van der Waals surface area contributed by atoms with Crippen molar-refractivity contribution < 1.29 is 63.3 Å². The third-order valence-corrected chi connectivity index (χ3v) is 2.46. The molecule has 0 aliphatic rings. The lowest BCUT2D eigenvalue weighted by Crippen LogP contribution is -2.62. The van der Waals surface area contributed by atoms with Crippen LogP contribution in [0.3, 0.4) is 0 Å². The van der Waals surface area contributed by atoms with Crippen LogP contribution in [-0.2, 0) is 23.8 Å². The molecule has 0 heterocycles. The first-order chi connectivity index (χ1) is 11.0. The Kier molecular flexibility index (Phi) is 6.76. The second kappa shape index (κ2) is 7.39. The molecule has 0 saturated heterocycles. The normalized spacial score (nSPS) is 14.1. The van der Waals surface area contributed by atoms with Gasteiger partial charge in [-0.05, 0) is 0 Å². The summed E-state index contributed by atoms with van der Waals surface area (Å²) in [6.45, 7) is -2.80. The van der Waals surface area contributed by atoms with Gasteiger partial charge in [0.15, 0.2) is 6.61 Å². The van der Waals surface area contributed by atoms with E-state index in [0.717, 1.165) is 7.11 Å². The summed E-state index contributed by atoms with van der Waals surface area (Å²) in [7, 11) is 1.39. The van der Waals surface area contributed by atoms with Gasteiger partial charge in [-0.2, -0.15) is 39.5 Å². The van der Waals surface area contributed by atoms with E-state index < -0.39 is 48.2 Å². The van der Waals surface area contributed by atoms with Crippen molar-refractivity contribution in [1.29, 1.82) is 0 Å². The van der Waals surface area contributed by atoms with Gasteiger partial charge in [0.1, 0.15) is 0 Å². The molecule has 0 amide bonds. The van der Waals surface area contributed by atoms with Crippen LogP contribution in [-0.4, -0.2) is 56.7 Å². The molecule has 0 aliphatic carbocycles. The molecule has 0 bridgehead atoms. The van der Waals surface area contributed by atoms with Crippen LogP contribution < -0.4 is 0 Å². The Hall–Kier alpha value is -2.15. The first-order valence-corrected chi connectivity index (χ1v) is 5.76. The second-order valence-corrected chi connectivity index (χ2v) is 4.16. The Bertz CT molecular complexity index is 539. The molecule has 5 nitrogen and oxygen atoms in total. The highest BCUT2D eigenvalue weighted by atomic mass is 19.4. The van der Waals surface area contributed by atoms with Crippen LogP contribution in [0, 0.1) is 0 Å². The number of hydrogen-bond acceptors (Lipinski definition) is 5. The number of carbonyl (C=O) groups excluding carboxylic acids is 2. The number of esters is 2. The Labute approximate surface area is 133 Å². The lowest BCUT2D eigenvalue weighted by atomic mass is 10.0. The number of carbonyl (C=O) groups is 2. The smallest absolute Gasteiger partial charge is 0.460 e. The largest absolute Gasteiger partial charge is 0.480 e. The maximum atomic E-state index is 13.2. The Morgan fingerprint density at radius 3 is 1.68 bits per heavy atom. The van der Waals surface area contributed by atoms with E-state index in [1.165, 1.54) is 0 Å². The van der Waals surface area contributed by atoms with Crippen LogP contribution in [0.25, 0.3) is 0 Å². The lowest BCUT2D eigenvalue weighted by Gasteiger charge is -2.33. The second-order valence-electron chi connectivity index (χ2n) is 4.16. The molecule has 0 unspecified atom stereocenters. The lowest BCUT2D eigenvalue weighted by molar-refractivity contribution is -0.399. The Morgan fingerprint density at radius 1 is 0.840 bits per heavy atom. The average Bonchev–Trinajstić information content (AvgIpc) is 2.48. The maximum absolute atomic E-state index is 13.2. The summed E-state index contributed by atoms with van der Waals surface area (Å²) in [4.78, 5) is 22.0. The zero-order chi connectivity index (χ0) is 20.3. The van der Waals surface area contributed by atoms with Crippen molar-refractivity contribution in [3.63, 3.8) is 0 Å². The van der Waals surface area contributed by atoms with E-state index in [1.54, 1.807) is 0 Å². The van der Waals surface area contributed by atoms with Crippen molar-refractivity contribution in [2.45, 2.75) is 23.9 Å². The van der Waals surface area contributed by atoms with E-state index in [4.69, 9.17) is 0 Å². The van der Waals surface area contributed by atoms with Gasteiger partial charge in [-0.1, -0.05) is 0 Å². The van der Waals surface area contributed by atoms with E-state index in [1.807, 2.05) is 0 Å². The number of ether oxygens (including phenoxy) is 3. The van der Waals surface area contributed by atoms with E-state index in [2.05, 4.69) is 14.2 Å². The fourth-order valence-electron chi connectivity index (χ4n) is 1.09. The number of alkyl halides is 9. The number of methoxy groups -OCH3 is 2. The molecule has 0 spiro atoms. The topological polar surface area (TPSA) is 61.8 Å². The van der Waals surface area contributed by atoms with Crippen molar-refractivity contribution >= 4 is 11.9 Å². The van der Waals surface area contributed by atoms with E-state index in [9.17, 15) is 49.1 Å². The number of hydrogen-bond donors (Lipinski definition) is 0. The van der Waals surface area contributed by atoms with Crippen molar-refractivity contribution in [2.24, 2.45) is 0 Å². The van der Waals surface area contributed by atoms with Crippen LogP contribution in [0.1, 0.15) is 0 Å². The average molecular weight is 392 g/mol. The van der Waals surface area contributed by atoms with Crippen molar-refractivity contribution in [1.82, 2.24) is 0 Å². The third-order valence-electron chi connectivity index (χ3n) is 2.46. The standard InChI is InChI=1S/C11H9F9O5/c1-23-6(21)3-5(7(22)24-2)25-4-8(12,13)9(14,15)10(16,17)11(18,19)20/h3H,4H2,1-2H3/b5-3+. The van der Waals surface area contributed by atoms with Crippen molar-refractivity contribution in [3.8, 4) is 0 Å². The van der Waals surface area contributed by atoms with Crippen LogP contribution in [0.4, 0.5) is 39.5 Å². The maximum Gasteiger partial charge on any atom is 0.460 e. The molecule has 0 aromatic carbocycles.